The normalized spacial score (nSPS) is 14.3. The number of rotatable bonds is 3. The van der Waals surface area contributed by atoms with Crippen LogP contribution >= 0.6 is 0 Å². The second-order valence-electron chi connectivity index (χ2n) is 7.56. The summed E-state index contributed by atoms with van der Waals surface area (Å²) in [7, 11) is 0. The second kappa shape index (κ2) is 7.62. The van der Waals surface area contributed by atoms with Gasteiger partial charge in [0, 0.05) is 43.3 Å². The first-order valence-corrected chi connectivity index (χ1v) is 9.82. The monoisotopic (exact) mass is 391 g/mol. The zero-order valence-corrected chi connectivity index (χ0v) is 17.0. The average Bonchev–Trinajstić information content (AvgIpc) is 3.35. The SMILES string of the molecule is Cc1cccc(-n2c(C)cc(C(=O)N3CCN(C(=O)c4ccoc4)CC3)c2C)c1. The molecule has 3 heterocycles. The lowest BCUT2D eigenvalue weighted by Gasteiger charge is -2.34. The van der Waals surface area contributed by atoms with Crippen molar-refractivity contribution in [3.63, 3.8) is 0 Å². The quantitative estimate of drug-likeness (QED) is 0.686. The summed E-state index contributed by atoms with van der Waals surface area (Å²) < 4.78 is 7.12. The van der Waals surface area contributed by atoms with Crippen LogP contribution in [0.3, 0.4) is 0 Å². The van der Waals surface area contributed by atoms with E-state index in [0.717, 1.165) is 22.6 Å². The molecule has 150 valence electrons. The number of piperazine rings is 1. The number of carbonyl (C=O) groups excluding carboxylic acids is 2. The number of aromatic nitrogens is 1. The number of aryl methyl sites for hydroxylation is 2. The molecule has 0 N–H and O–H groups in total. The highest BCUT2D eigenvalue weighted by Gasteiger charge is 2.28. The van der Waals surface area contributed by atoms with Gasteiger partial charge in [-0.25, -0.2) is 0 Å². The maximum Gasteiger partial charge on any atom is 0.257 e. The molecule has 2 amide bonds. The largest absolute Gasteiger partial charge is 0.472 e. The zero-order valence-electron chi connectivity index (χ0n) is 17.0. The molecular formula is C23H25N3O3. The van der Waals surface area contributed by atoms with E-state index >= 15 is 0 Å². The molecule has 6 nitrogen and oxygen atoms in total. The van der Waals surface area contributed by atoms with Crippen LogP contribution in [0.25, 0.3) is 5.69 Å². The van der Waals surface area contributed by atoms with E-state index in [-0.39, 0.29) is 11.8 Å². The van der Waals surface area contributed by atoms with Gasteiger partial charge < -0.3 is 18.8 Å². The highest BCUT2D eigenvalue weighted by atomic mass is 16.3. The highest BCUT2D eigenvalue weighted by Crippen LogP contribution is 2.23. The number of amides is 2. The first-order chi connectivity index (χ1) is 14.0. The molecule has 1 aliphatic heterocycles. The number of furan rings is 1. The lowest BCUT2D eigenvalue weighted by atomic mass is 10.2. The van der Waals surface area contributed by atoms with Crippen molar-refractivity contribution in [3.05, 3.63) is 77.0 Å². The van der Waals surface area contributed by atoms with Crippen molar-refractivity contribution >= 4 is 11.8 Å². The third-order valence-electron chi connectivity index (χ3n) is 5.54. The zero-order chi connectivity index (χ0) is 20.5. The van der Waals surface area contributed by atoms with Crippen molar-refractivity contribution in [2.45, 2.75) is 20.8 Å². The van der Waals surface area contributed by atoms with Gasteiger partial charge in [-0.05, 0) is 50.6 Å². The van der Waals surface area contributed by atoms with Gasteiger partial charge in [0.1, 0.15) is 6.26 Å². The molecule has 2 aromatic heterocycles. The molecule has 0 radical (unpaired) electrons. The van der Waals surface area contributed by atoms with Crippen molar-refractivity contribution in [1.29, 1.82) is 0 Å². The van der Waals surface area contributed by atoms with E-state index in [4.69, 9.17) is 4.42 Å². The van der Waals surface area contributed by atoms with Crippen LogP contribution < -0.4 is 0 Å². The van der Waals surface area contributed by atoms with E-state index in [1.54, 1.807) is 11.0 Å². The van der Waals surface area contributed by atoms with Crippen LogP contribution in [0.1, 0.15) is 37.7 Å². The molecule has 3 aromatic rings. The van der Waals surface area contributed by atoms with Crippen LogP contribution in [0, 0.1) is 20.8 Å². The van der Waals surface area contributed by atoms with Gasteiger partial charge in [0.05, 0.1) is 17.4 Å². The second-order valence-corrected chi connectivity index (χ2v) is 7.56. The Bertz CT molecular complexity index is 1040. The Hall–Kier alpha value is -3.28. The summed E-state index contributed by atoms with van der Waals surface area (Å²) in [6.07, 6.45) is 2.96. The fourth-order valence-corrected chi connectivity index (χ4v) is 4.00. The molecule has 6 heteroatoms. The lowest BCUT2D eigenvalue weighted by Crippen LogP contribution is -2.50. The third kappa shape index (κ3) is 3.58. The molecular weight excluding hydrogens is 366 g/mol. The predicted octanol–water partition coefficient (Wildman–Crippen LogP) is 3.59. The van der Waals surface area contributed by atoms with Gasteiger partial charge in [-0.1, -0.05) is 12.1 Å². The van der Waals surface area contributed by atoms with Crippen LogP contribution in [0.2, 0.25) is 0 Å². The summed E-state index contributed by atoms with van der Waals surface area (Å²) in [6, 6.07) is 11.9. The topological polar surface area (TPSA) is 58.7 Å². The van der Waals surface area contributed by atoms with Crippen LogP contribution in [-0.4, -0.2) is 52.4 Å². The predicted molar refractivity (Wildman–Crippen MR) is 110 cm³/mol. The smallest absolute Gasteiger partial charge is 0.257 e. The van der Waals surface area contributed by atoms with Crippen LogP contribution in [-0.2, 0) is 0 Å². The maximum absolute atomic E-state index is 13.2. The first kappa shape index (κ1) is 19.1. The molecule has 0 spiro atoms. The number of hydrogen-bond donors (Lipinski definition) is 0. The highest BCUT2D eigenvalue weighted by molar-refractivity contribution is 5.97. The molecule has 4 rings (SSSR count). The minimum atomic E-state index is -0.0523. The number of nitrogens with zero attached hydrogens (tertiary/aromatic N) is 3. The third-order valence-corrected chi connectivity index (χ3v) is 5.54. The molecule has 0 atom stereocenters. The molecule has 0 unspecified atom stereocenters. The van der Waals surface area contributed by atoms with E-state index in [9.17, 15) is 9.59 Å². The summed E-state index contributed by atoms with van der Waals surface area (Å²) in [5, 5.41) is 0. The Morgan fingerprint density at radius 1 is 0.897 bits per heavy atom. The molecule has 0 bridgehead atoms. The summed E-state index contributed by atoms with van der Waals surface area (Å²) in [5.41, 5.74) is 5.49. The Kier molecular flexibility index (Phi) is 5.01. The van der Waals surface area contributed by atoms with Gasteiger partial charge >= 0.3 is 0 Å². The number of benzene rings is 1. The van der Waals surface area contributed by atoms with Gasteiger partial charge in [0.15, 0.2) is 0 Å². The molecule has 29 heavy (non-hydrogen) atoms. The molecule has 0 aliphatic carbocycles. The average molecular weight is 391 g/mol. The minimum Gasteiger partial charge on any atom is -0.472 e. The van der Waals surface area contributed by atoms with Gasteiger partial charge in [0.25, 0.3) is 11.8 Å². The fraction of sp³-hybridized carbons (Fsp3) is 0.304. The molecule has 1 fully saturated rings. The Morgan fingerprint density at radius 2 is 1.59 bits per heavy atom. The van der Waals surface area contributed by atoms with Crippen molar-refractivity contribution < 1.29 is 14.0 Å². The fourth-order valence-electron chi connectivity index (χ4n) is 4.00. The Morgan fingerprint density at radius 3 is 2.21 bits per heavy atom. The maximum atomic E-state index is 13.2. The summed E-state index contributed by atoms with van der Waals surface area (Å²) in [5.74, 6) is -0.0316. The molecule has 1 aromatic carbocycles. The van der Waals surface area contributed by atoms with Crippen molar-refractivity contribution in [1.82, 2.24) is 14.4 Å². The van der Waals surface area contributed by atoms with Crippen molar-refractivity contribution in [2.24, 2.45) is 0 Å². The van der Waals surface area contributed by atoms with Crippen LogP contribution in [0.5, 0.6) is 0 Å². The molecule has 1 saturated heterocycles. The van der Waals surface area contributed by atoms with Crippen LogP contribution in [0.15, 0.2) is 53.3 Å². The van der Waals surface area contributed by atoms with E-state index in [1.807, 2.05) is 30.9 Å². The minimum absolute atomic E-state index is 0.0208. The van der Waals surface area contributed by atoms with E-state index in [0.29, 0.717) is 31.7 Å². The van der Waals surface area contributed by atoms with Crippen molar-refractivity contribution in [2.75, 3.05) is 26.2 Å². The summed E-state index contributed by atoms with van der Waals surface area (Å²) >= 11 is 0. The Balaban J connectivity index is 1.50. The number of hydrogen-bond acceptors (Lipinski definition) is 3. The van der Waals surface area contributed by atoms with E-state index < -0.39 is 0 Å². The summed E-state index contributed by atoms with van der Waals surface area (Å²) in [6.45, 7) is 8.16. The van der Waals surface area contributed by atoms with E-state index in [1.165, 1.54) is 18.1 Å². The van der Waals surface area contributed by atoms with Gasteiger partial charge in [-0.3, -0.25) is 9.59 Å². The van der Waals surface area contributed by atoms with Gasteiger partial charge in [0.2, 0.25) is 0 Å². The van der Waals surface area contributed by atoms with Gasteiger partial charge in [-0.2, -0.15) is 0 Å². The first-order valence-electron chi connectivity index (χ1n) is 9.82. The number of carbonyl (C=O) groups is 2. The molecule has 1 aliphatic rings. The lowest BCUT2D eigenvalue weighted by molar-refractivity contribution is 0.0534. The van der Waals surface area contributed by atoms with E-state index in [2.05, 4.69) is 29.7 Å². The Labute approximate surface area is 170 Å². The molecule has 0 saturated carbocycles. The summed E-state index contributed by atoms with van der Waals surface area (Å²) in [4.78, 5) is 29.2. The van der Waals surface area contributed by atoms with Gasteiger partial charge in [-0.15, -0.1) is 0 Å². The van der Waals surface area contributed by atoms with Crippen molar-refractivity contribution in [3.8, 4) is 5.69 Å². The standard InChI is InChI=1S/C23H25N3O3/c1-16-5-4-6-20(13-16)26-17(2)14-21(18(26)3)23(28)25-10-8-24(9-11-25)22(27)19-7-12-29-15-19/h4-7,12-15H,8-11H2,1-3H3. The van der Waals surface area contributed by atoms with Crippen LogP contribution in [0.4, 0.5) is 0 Å².